The first kappa shape index (κ1) is 23.4. The van der Waals surface area contributed by atoms with Gasteiger partial charge in [0.15, 0.2) is 0 Å². The number of hydrogen-bond donors (Lipinski definition) is 5. The van der Waals surface area contributed by atoms with Crippen molar-refractivity contribution in [1.82, 2.24) is 0 Å². The largest absolute Gasteiger partial charge is 0.487 e. The summed E-state index contributed by atoms with van der Waals surface area (Å²) in [6.45, 7) is 1.20. The predicted octanol–water partition coefficient (Wildman–Crippen LogP) is 1.31. The highest BCUT2D eigenvalue weighted by Gasteiger charge is 2.57. The Morgan fingerprint density at radius 1 is 1.00 bits per heavy atom. The van der Waals surface area contributed by atoms with Crippen LogP contribution in [0.4, 0.5) is 0 Å². The maximum absolute atomic E-state index is 11.0. The summed E-state index contributed by atoms with van der Waals surface area (Å²) in [6.07, 6.45) is -4.84. The molecule has 2 heterocycles. The summed E-state index contributed by atoms with van der Waals surface area (Å²) in [5.74, 6) is 0.324. The Balaban J connectivity index is 1.78. The minimum absolute atomic E-state index is 0.0320. The summed E-state index contributed by atoms with van der Waals surface area (Å²) in [7, 11) is 0. The van der Waals surface area contributed by atoms with Crippen LogP contribution in [-0.4, -0.2) is 69.3 Å². The number of aryl methyl sites for hydroxylation is 1. The molecule has 2 aliphatic heterocycles. The van der Waals surface area contributed by atoms with Gasteiger partial charge in [-0.1, -0.05) is 42.8 Å². The van der Waals surface area contributed by atoms with Gasteiger partial charge in [0.1, 0.15) is 41.9 Å². The molecule has 6 atom stereocenters. The Morgan fingerprint density at radius 3 is 2.31 bits per heavy atom. The van der Waals surface area contributed by atoms with Crippen LogP contribution in [0.25, 0.3) is 0 Å². The molecule has 2 aromatic rings. The topological polar surface area (TPSA) is 120 Å². The second-order valence-electron chi connectivity index (χ2n) is 8.57. The molecule has 32 heavy (non-hydrogen) atoms. The number of fused-ring (bicyclic) bond motifs is 2. The number of halogens is 1. The van der Waals surface area contributed by atoms with Crippen molar-refractivity contribution >= 4 is 11.6 Å². The van der Waals surface area contributed by atoms with Crippen molar-refractivity contribution in [1.29, 1.82) is 0 Å². The third-order valence-electron chi connectivity index (χ3n) is 6.53. The maximum atomic E-state index is 11.0. The summed E-state index contributed by atoms with van der Waals surface area (Å²) >= 11 is 6.56. The lowest BCUT2D eigenvalue weighted by Crippen LogP contribution is -2.65. The first-order chi connectivity index (χ1) is 15.3. The van der Waals surface area contributed by atoms with E-state index >= 15 is 0 Å². The van der Waals surface area contributed by atoms with Gasteiger partial charge < -0.3 is 35.0 Å². The molecule has 7 nitrogen and oxygen atoms in total. The zero-order valence-electron chi connectivity index (χ0n) is 17.8. The minimum atomic E-state index is -1.55. The number of hydrogen-bond acceptors (Lipinski definition) is 7. The summed E-state index contributed by atoms with van der Waals surface area (Å²) in [4.78, 5) is 0. The van der Waals surface area contributed by atoms with Crippen LogP contribution >= 0.6 is 11.6 Å². The number of ether oxygens (including phenoxy) is 2. The number of rotatable bonds is 5. The molecule has 0 amide bonds. The van der Waals surface area contributed by atoms with Gasteiger partial charge in [0, 0.05) is 17.0 Å². The average molecular weight is 465 g/mol. The van der Waals surface area contributed by atoms with Gasteiger partial charge in [0.25, 0.3) is 0 Å². The van der Waals surface area contributed by atoms with E-state index in [1.54, 1.807) is 12.1 Å². The van der Waals surface area contributed by atoms with Gasteiger partial charge in [-0.15, -0.1) is 0 Å². The number of aliphatic hydroxyl groups excluding tert-OH is 5. The normalized spacial score (nSPS) is 31.9. The van der Waals surface area contributed by atoms with Crippen LogP contribution < -0.4 is 4.74 Å². The molecule has 1 saturated heterocycles. The SMILES string of the molecule is CCc1ccc(Cc2cc3c(cc2Cl)OC(CO)CC32O[C@H](CO)[C@@H](O)[C@H](O)[C@H]2O)cc1. The van der Waals surface area contributed by atoms with Crippen molar-refractivity contribution in [3.63, 3.8) is 0 Å². The van der Waals surface area contributed by atoms with Gasteiger partial charge in [0.2, 0.25) is 0 Å². The lowest BCUT2D eigenvalue weighted by molar-refractivity contribution is -0.290. The van der Waals surface area contributed by atoms with Crippen molar-refractivity contribution in [2.24, 2.45) is 0 Å². The second kappa shape index (κ2) is 9.27. The van der Waals surface area contributed by atoms with Gasteiger partial charge >= 0.3 is 0 Å². The molecule has 2 unspecified atom stereocenters. The third kappa shape index (κ3) is 4.03. The molecule has 0 aromatic heterocycles. The Morgan fingerprint density at radius 2 is 1.69 bits per heavy atom. The highest BCUT2D eigenvalue weighted by atomic mass is 35.5. The van der Waals surface area contributed by atoms with Gasteiger partial charge in [-0.25, -0.2) is 0 Å². The van der Waals surface area contributed by atoms with Gasteiger partial charge in [-0.3, -0.25) is 0 Å². The Labute approximate surface area is 191 Å². The highest BCUT2D eigenvalue weighted by Crippen LogP contribution is 2.50. The van der Waals surface area contributed by atoms with E-state index < -0.39 is 42.7 Å². The molecule has 174 valence electrons. The van der Waals surface area contributed by atoms with E-state index in [1.165, 1.54) is 5.56 Å². The summed E-state index contributed by atoms with van der Waals surface area (Å²) in [6, 6.07) is 11.6. The lowest BCUT2D eigenvalue weighted by Gasteiger charge is -2.52. The molecule has 2 aromatic carbocycles. The molecular formula is C24H29ClO7. The van der Waals surface area contributed by atoms with Crippen molar-refractivity contribution in [3.05, 3.63) is 63.7 Å². The van der Waals surface area contributed by atoms with Gasteiger partial charge in [0.05, 0.1) is 13.2 Å². The molecule has 8 heteroatoms. The Kier molecular flexibility index (Phi) is 6.79. The second-order valence-corrected chi connectivity index (χ2v) is 8.97. The lowest BCUT2D eigenvalue weighted by atomic mass is 9.74. The molecule has 0 radical (unpaired) electrons. The minimum Gasteiger partial charge on any atom is -0.487 e. The van der Waals surface area contributed by atoms with Crippen molar-refractivity contribution in [3.8, 4) is 5.75 Å². The summed E-state index contributed by atoms with van der Waals surface area (Å²) in [5, 5.41) is 51.7. The standard InChI is InChI=1S/C24H29ClO7/c1-2-13-3-5-14(6-4-13)7-15-8-17-19(9-18(15)25)31-16(11-26)10-24(17)23(30)22(29)21(28)20(12-27)32-24/h3-6,8-9,16,20-23,26-30H,2,7,10-12H2,1H3/t16?,20-,21-,22+,23-,24?/m1/s1. The molecule has 0 saturated carbocycles. The van der Waals surface area contributed by atoms with E-state index in [4.69, 9.17) is 21.1 Å². The van der Waals surface area contributed by atoms with Crippen molar-refractivity contribution in [2.45, 2.75) is 62.3 Å². The maximum Gasteiger partial charge on any atom is 0.129 e. The molecular weight excluding hydrogens is 436 g/mol. The summed E-state index contributed by atoms with van der Waals surface area (Å²) in [5.41, 5.74) is 2.03. The van der Waals surface area contributed by atoms with E-state index in [9.17, 15) is 25.5 Å². The Bertz CT molecular complexity index is 948. The zero-order chi connectivity index (χ0) is 23.0. The number of aliphatic hydroxyl groups is 5. The average Bonchev–Trinajstić information content (AvgIpc) is 2.81. The highest BCUT2D eigenvalue weighted by molar-refractivity contribution is 6.31. The van der Waals surface area contributed by atoms with Crippen LogP contribution in [0.3, 0.4) is 0 Å². The number of benzene rings is 2. The van der Waals surface area contributed by atoms with E-state index in [-0.39, 0.29) is 13.0 Å². The first-order valence-corrected chi connectivity index (χ1v) is 11.2. The van der Waals surface area contributed by atoms with Gasteiger partial charge in [-0.2, -0.15) is 0 Å². The quantitative estimate of drug-likeness (QED) is 0.452. The fraction of sp³-hybridized carbons (Fsp3) is 0.500. The monoisotopic (exact) mass is 464 g/mol. The third-order valence-corrected chi connectivity index (χ3v) is 6.88. The van der Waals surface area contributed by atoms with Crippen LogP contribution in [0.2, 0.25) is 5.02 Å². The van der Waals surface area contributed by atoms with Crippen LogP contribution in [-0.2, 0) is 23.2 Å². The van der Waals surface area contributed by atoms with Crippen LogP contribution in [0.5, 0.6) is 5.75 Å². The van der Waals surface area contributed by atoms with Crippen LogP contribution in [0, 0.1) is 0 Å². The van der Waals surface area contributed by atoms with Crippen molar-refractivity contribution < 1.29 is 35.0 Å². The smallest absolute Gasteiger partial charge is 0.129 e. The van der Waals surface area contributed by atoms with Gasteiger partial charge in [-0.05, 0) is 41.7 Å². The van der Waals surface area contributed by atoms with E-state index in [1.807, 2.05) is 12.1 Å². The van der Waals surface area contributed by atoms with Crippen LogP contribution in [0.1, 0.15) is 35.6 Å². The fourth-order valence-corrected chi connectivity index (χ4v) is 4.90. The molecule has 4 rings (SSSR count). The molecule has 0 aliphatic carbocycles. The van der Waals surface area contributed by atoms with E-state index in [0.717, 1.165) is 17.5 Å². The molecule has 2 aliphatic rings. The molecule has 0 bridgehead atoms. The predicted molar refractivity (Wildman–Crippen MR) is 118 cm³/mol. The van der Waals surface area contributed by atoms with Crippen molar-refractivity contribution in [2.75, 3.05) is 13.2 Å². The summed E-state index contributed by atoms with van der Waals surface area (Å²) < 4.78 is 11.9. The van der Waals surface area contributed by atoms with E-state index in [0.29, 0.717) is 22.8 Å². The molecule has 5 N–H and O–H groups in total. The fourth-order valence-electron chi connectivity index (χ4n) is 4.68. The zero-order valence-corrected chi connectivity index (χ0v) is 18.6. The Hall–Kier alpha value is -1.71. The molecule has 1 fully saturated rings. The van der Waals surface area contributed by atoms with Crippen LogP contribution in [0.15, 0.2) is 36.4 Å². The molecule has 1 spiro atoms. The van der Waals surface area contributed by atoms with E-state index in [2.05, 4.69) is 19.1 Å². The first-order valence-electron chi connectivity index (χ1n) is 10.8.